The van der Waals surface area contributed by atoms with Crippen molar-refractivity contribution in [1.82, 2.24) is 16.0 Å². The summed E-state index contributed by atoms with van der Waals surface area (Å²) >= 11 is 0. The molecule has 0 fully saturated rings. The second-order valence-electron chi connectivity index (χ2n) is 6.96. The van der Waals surface area contributed by atoms with E-state index >= 15 is 0 Å². The molecule has 0 saturated heterocycles. The number of aliphatic carboxylic acids is 1. The van der Waals surface area contributed by atoms with E-state index in [0.717, 1.165) is 0 Å². The number of carboxylic acids is 1. The molecule has 0 aliphatic heterocycles. The normalized spacial score (nSPS) is 13.8. The lowest BCUT2D eigenvalue weighted by Gasteiger charge is -2.25. The standard InChI is InChI=1S/C17H32N6O6/c1-9(2)14(17(29)21-8-13(25)26)23-16(28)11(5-3-4-6-18)22-15(27)10(19)7-12(20)24/h9-11,14H,3-8,18-19H2,1-2H3,(H2,20,24)(H,21,29)(H,22,27)(H,23,28)(H,25,26)/t10-,11-,14-/m0/s1. The maximum atomic E-state index is 12.7. The highest BCUT2D eigenvalue weighted by molar-refractivity contribution is 5.94. The fourth-order valence-corrected chi connectivity index (χ4v) is 2.41. The van der Waals surface area contributed by atoms with Crippen LogP contribution in [0.15, 0.2) is 0 Å². The zero-order valence-corrected chi connectivity index (χ0v) is 16.8. The third kappa shape index (κ3) is 11.0. The lowest BCUT2D eigenvalue weighted by atomic mass is 10.0. The van der Waals surface area contributed by atoms with Gasteiger partial charge in [-0.3, -0.25) is 24.0 Å². The predicted molar refractivity (Wildman–Crippen MR) is 104 cm³/mol. The van der Waals surface area contributed by atoms with Crippen LogP contribution in [0.5, 0.6) is 0 Å². The van der Waals surface area contributed by atoms with Crippen LogP contribution in [0.1, 0.15) is 39.5 Å². The molecule has 12 heteroatoms. The molecular weight excluding hydrogens is 384 g/mol. The van der Waals surface area contributed by atoms with Crippen molar-refractivity contribution in [3.63, 3.8) is 0 Å². The van der Waals surface area contributed by atoms with Crippen LogP contribution in [0.25, 0.3) is 0 Å². The Bertz CT molecular complexity index is 597. The van der Waals surface area contributed by atoms with Gasteiger partial charge in [-0.2, -0.15) is 0 Å². The van der Waals surface area contributed by atoms with Gasteiger partial charge in [0, 0.05) is 0 Å². The van der Waals surface area contributed by atoms with Crippen LogP contribution in [-0.2, 0) is 24.0 Å². The van der Waals surface area contributed by atoms with Crippen molar-refractivity contribution in [2.75, 3.05) is 13.1 Å². The molecule has 4 amide bonds. The Balaban J connectivity index is 5.18. The van der Waals surface area contributed by atoms with E-state index in [1.807, 2.05) is 0 Å². The molecule has 0 spiro atoms. The first kappa shape index (κ1) is 26.3. The quantitative estimate of drug-likeness (QED) is 0.146. The molecule has 0 aromatic rings. The molecule has 0 rings (SSSR count). The van der Waals surface area contributed by atoms with Gasteiger partial charge in [0.15, 0.2) is 0 Å². The van der Waals surface area contributed by atoms with Crippen LogP contribution >= 0.6 is 0 Å². The number of carbonyl (C=O) groups is 5. The number of carbonyl (C=O) groups excluding carboxylic acids is 4. The third-order valence-electron chi connectivity index (χ3n) is 4.00. The first-order chi connectivity index (χ1) is 13.5. The molecule has 0 aliphatic carbocycles. The Morgan fingerprint density at radius 2 is 1.59 bits per heavy atom. The molecular formula is C17H32N6O6. The molecule has 0 bridgehead atoms. The Labute approximate surface area is 169 Å². The monoisotopic (exact) mass is 416 g/mol. The van der Waals surface area contributed by atoms with Crippen molar-refractivity contribution in [2.24, 2.45) is 23.1 Å². The number of amides is 4. The molecule has 12 nitrogen and oxygen atoms in total. The molecule has 0 aromatic heterocycles. The van der Waals surface area contributed by atoms with Crippen molar-refractivity contribution in [2.45, 2.75) is 57.7 Å². The summed E-state index contributed by atoms with van der Waals surface area (Å²) in [6.07, 6.45) is 0.992. The van der Waals surface area contributed by atoms with Crippen LogP contribution < -0.4 is 33.2 Å². The van der Waals surface area contributed by atoms with E-state index in [1.54, 1.807) is 13.8 Å². The first-order valence-corrected chi connectivity index (χ1v) is 9.33. The minimum absolute atomic E-state index is 0.236. The van der Waals surface area contributed by atoms with E-state index < -0.39 is 54.3 Å². The fraction of sp³-hybridized carbons (Fsp3) is 0.706. The van der Waals surface area contributed by atoms with Gasteiger partial charge in [0.05, 0.1) is 12.5 Å². The largest absolute Gasteiger partial charge is 0.480 e. The lowest BCUT2D eigenvalue weighted by molar-refractivity contribution is -0.139. The minimum atomic E-state index is -1.22. The highest BCUT2D eigenvalue weighted by Crippen LogP contribution is 2.06. The molecule has 0 unspecified atom stereocenters. The molecule has 0 aliphatic rings. The van der Waals surface area contributed by atoms with Crippen LogP contribution in [0.4, 0.5) is 0 Å². The number of carboxylic acid groups (broad SMARTS) is 1. The molecule has 0 aromatic carbocycles. The highest BCUT2D eigenvalue weighted by atomic mass is 16.4. The van der Waals surface area contributed by atoms with E-state index in [4.69, 9.17) is 22.3 Å². The molecule has 10 N–H and O–H groups in total. The van der Waals surface area contributed by atoms with Crippen molar-refractivity contribution >= 4 is 29.6 Å². The van der Waals surface area contributed by atoms with Gasteiger partial charge >= 0.3 is 5.97 Å². The number of nitrogens with one attached hydrogen (secondary N) is 3. The first-order valence-electron chi connectivity index (χ1n) is 9.33. The van der Waals surface area contributed by atoms with Gasteiger partial charge < -0.3 is 38.3 Å². The van der Waals surface area contributed by atoms with Crippen LogP contribution in [-0.4, -0.2) is 65.9 Å². The summed E-state index contributed by atoms with van der Waals surface area (Å²) in [4.78, 5) is 58.6. The number of nitrogens with two attached hydrogens (primary N) is 3. The Morgan fingerprint density at radius 1 is 0.966 bits per heavy atom. The summed E-state index contributed by atoms with van der Waals surface area (Å²) in [6.45, 7) is 3.17. The topological polar surface area (TPSA) is 220 Å². The van der Waals surface area contributed by atoms with Gasteiger partial charge in [0.25, 0.3) is 0 Å². The average molecular weight is 416 g/mol. The highest BCUT2D eigenvalue weighted by Gasteiger charge is 2.29. The van der Waals surface area contributed by atoms with Crippen LogP contribution in [0.2, 0.25) is 0 Å². The van der Waals surface area contributed by atoms with Gasteiger partial charge in [-0.15, -0.1) is 0 Å². The maximum Gasteiger partial charge on any atom is 0.322 e. The third-order valence-corrected chi connectivity index (χ3v) is 4.00. The predicted octanol–water partition coefficient (Wildman–Crippen LogP) is -2.86. The zero-order valence-electron chi connectivity index (χ0n) is 16.8. The van der Waals surface area contributed by atoms with Crippen molar-refractivity contribution in [1.29, 1.82) is 0 Å². The summed E-state index contributed by atoms with van der Waals surface area (Å²) in [5, 5.41) is 15.9. The van der Waals surface area contributed by atoms with Gasteiger partial charge in [0.2, 0.25) is 23.6 Å². The Kier molecular flexibility index (Phi) is 12.2. The second-order valence-corrected chi connectivity index (χ2v) is 6.96. The van der Waals surface area contributed by atoms with Gasteiger partial charge in [-0.05, 0) is 31.7 Å². The molecule has 0 heterocycles. The number of hydrogen-bond acceptors (Lipinski definition) is 7. The summed E-state index contributed by atoms with van der Waals surface area (Å²) in [5.41, 5.74) is 16.1. The summed E-state index contributed by atoms with van der Waals surface area (Å²) in [7, 11) is 0. The summed E-state index contributed by atoms with van der Waals surface area (Å²) < 4.78 is 0. The average Bonchev–Trinajstić information content (AvgIpc) is 2.62. The van der Waals surface area contributed by atoms with Gasteiger partial charge in [0.1, 0.15) is 18.6 Å². The van der Waals surface area contributed by atoms with E-state index in [0.29, 0.717) is 19.4 Å². The fourth-order valence-electron chi connectivity index (χ4n) is 2.41. The number of primary amides is 1. The van der Waals surface area contributed by atoms with Gasteiger partial charge in [-0.25, -0.2) is 0 Å². The summed E-state index contributed by atoms with van der Waals surface area (Å²) in [6, 6.07) is -3.23. The minimum Gasteiger partial charge on any atom is -0.480 e. The van der Waals surface area contributed by atoms with Crippen molar-refractivity contribution in [3.05, 3.63) is 0 Å². The zero-order chi connectivity index (χ0) is 22.6. The van der Waals surface area contributed by atoms with Crippen LogP contribution in [0, 0.1) is 5.92 Å². The van der Waals surface area contributed by atoms with E-state index in [2.05, 4.69) is 16.0 Å². The SMILES string of the molecule is CC(C)[C@H](NC(=O)[C@H](CCCCN)NC(=O)[C@@H](N)CC(N)=O)C(=O)NCC(=O)O. The van der Waals surface area contributed by atoms with E-state index in [1.165, 1.54) is 0 Å². The molecule has 29 heavy (non-hydrogen) atoms. The Morgan fingerprint density at radius 3 is 2.07 bits per heavy atom. The molecule has 0 radical (unpaired) electrons. The maximum absolute atomic E-state index is 12.7. The molecule has 166 valence electrons. The summed E-state index contributed by atoms with van der Waals surface area (Å²) in [5.74, 6) is -4.34. The van der Waals surface area contributed by atoms with Crippen molar-refractivity contribution < 1.29 is 29.1 Å². The van der Waals surface area contributed by atoms with Crippen molar-refractivity contribution in [3.8, 4) is 0 Å². The number of rotatable bonds is 14. The second kappa shape index (κ2) is 13.4. The smallest absolute Gasteiger partial charge is 0.322 e. The van der Waals surface area contributed by atoms with E-state index in [9.17, 15) is 24.0 Å². The van der Waals surface area contributed by atoms with Gasteiger partial charge in [-0.1, -0.05) is 13.8 Å². The number of hydrogen-bond donors (Lipinski definition) is 7. The number of unbranched alkanes of at least 4 members (excludes halogenated alkanes) is 1. The lowest BCUT2D eigenvalue weighted by Crippen LogP contribution is -2.57. The molecule has 0 saturated carbocycles. The van der Waals surface area contributed by atoms with E-state index in [-0.39, 0.29) is 18.8 Å². The van der Waals surface area contributed by atoms with Crippen LogP contribution in [0.3, 0.4) is 0 Å². The Hall–Kier alpha value is -2.73. The molecule has 3 atom stereocenters.